The minimum Gasteiger partial charge on any atom is -0.480 e. The summed E-state index contributed by atoms with van der Waals surface area (Å²) in [6.07, 6.45) is 5.20. The Labute approximate surface area is 114 Å². The Balaban J connectivity index is 2.02. The Bertz CT molecular complexity index is 358. The van der Waals surface area contributed by atoms with Crippen LogP contribution in [0.2, 0.25) is 0 Å². The number of hydrogen-bond donors (Lipinski definition) is 2. The highest BCUT2D eigenvalue weighted by Crippen LogP contribution is 2.32. The smallest absolute Gasteiger partial charge is 0.329 e. The first-order valence-corrected chi connectivity index (χ1v) is 7.27. The van der Waals surface area contributed by atoms with Gasteiger partial charge in [-0.1, -0.05) is 12.8 Å². The standard InChI is InChI=1S/C14H24N2O3/c1-10(2)16(9-11-5-6-11)13(19)15-14(12(17)18)7-3-4-8-14/h10-11H,3-9H2,1-2H3,(H,15,19)(H,17,18). The molecule has 0 radical (unpaired) electrons. The molecule has 0 atom stereocenters. The largest absolute Gasteiger partial charge is 0.480 e. The van der Waals surface area contributed by atoms with Crippen molar-refractivity contribution in [3.05, 3.63) is 0 Å². The molecule has 19 heavy (non-hydrogen) atoms. The summed E-state index contributed by atoms with van der Waals surface area (Å²) in [7, 11) is 0. The van der Waals surface area contributed by atoms with Crippen LogP contribution >= 0.6 is 0 Å². The number of carboxylic acids is 1. The average Bonchev–Trinajstić information content (AvgIpc) is 3.03. The summed E-state index contributed by atoms with van der Waals surface area (Å²) in [5.74, 6) is -0.286. The molecule has 0 spiro atoms. The summed E-state index contributed by atoms with van der Waals surface area (Å²) in [6.45, 7) is 4.70. The van der Waals surface area contributed by atoms with Gasteiger partial charge in [0.1, 0.15) is 5.54 Å². The third kappa shape index (κ3) is 3.19. The van der Waals surface area contributed by atoms with Crippen LogP contribution in [-0.2, 0) is 4.79 Å². The Kier molecular flexibility index (Phi) is 4.02. The first-order valence-electron chi connectivity index (χ1n) is 7.27. The molecule has 0 aromatic carbocycles. The Morgan fingerprint density at radius 3 is 2.32 bits per heavy atom. The van der Waals surface area contributed by atoms with Crippen molar-refractivity contribution < 1.29 is 14.7 Å². The predicted molar refractivity (Wildman–Crippen MR) is 71.9 cm³/mol. The van der Waals surface area contributed by atoms with E-state index in [2.05, 4.69) is 5.32 Å². The van der Waals surface area contributed by atoms with Crippen LogP contribution < -0.4 is 5.32 Å². The van der Waals surface area contributed by atoms with Crippen molar-refractivity contribution in [3.8, 4) is 0 Å². The summed E-state index contributed by atoms with van der Waals surface area (Å²) in [6, 6.07) is -0.112. The molecule has 2 N–H and O–H groups in total. The Morgan fingerprint density at radius 1 is 1.32 bits per heavy atom. The van der Waals surface area contributed by atoms with Gasteiger partial charge >= 0.3 is 12.0 Å². The van der Waals surface area contributed by atoms with E-state index in [1.54, 1.807) is 4.90 Å². The molecule has 0 bridgehead atoms. The maximum Gasteiger partial charge on any atom is 0.329 e. The van der Waals surface area contributed by atoms with Crippen molar-refractivity contribution in [2.45, 2.75) is 64.0 Å². The summed E-state index contributed by atoms with van der Waals surface area (Å²) in [5, 5.41) is 12.2. The van der Waals surface area contributed by atoms with E-state index in [1.165, 1.54) is 12.8 Å². The number of nitrogens with one attached hydrogen (secondary N) is 1. The molecular formula is C14H24N2O3. The van der Waals surface area contributed by atoms with Gasteiger partial charge in [-0.25, -0.2) is 9.59 Å². The summed E-state index contributed by atoms with van der Waals surface area (Å²) in [4.78, 5) is 25.6. The number of amides is 2. The van der Waals surface area contributed by atoms with E-state index in [4.69, 9.17) is 0 Å². The van der Waals surface area contributed by atoms with E-state index in [-0.39, 0.29) is 12.1 Å². The molecule has 2 rings (SSSR count). The number of carbonyl (C=O) groups excluding carboxylic acids is 1. The van der Waals surface area contributed by atoms with Crippen LogP contribution in [0.4, 0.5) is 4.79 Å². The minimum atomic E-state index is -1.03. The van der Waals surface area contributed by atoms with Crippen LogP contribution in [0.25, 0.3) is 0 Å². The van der Waals surface area contributed by atoms with E-state index in [0.717, 1.165) is 19.4 Å². The van der Waals surface area contributed by atoms with Gasteiger partial charge in [-0.3, -0.25) is 0 Å². The summed E-state index contributed by atoms with van der Waals surface area (Å²) in [5.41, 5.74) is -1.03. The van der Waals surface area contributed by atoms with Gasteiger partial charge in [0, 0.05) is 12.6 Å². The van der Waals surface area contributed by atoms with E-state index in [9.17, 15) is 14.7 Å². The number of aliphatic carboxylic acids is 1. The highest BCUT2D eigenvalue weighted by atomic mass is 16.4. The van der Waals surface area contributed by atoms with Crippen LogP contribution in [0.5, 0.6) is 0 Å². The molecule has 0 unspecified atom stereocenters. The fourth-order valence-corrected chi connectivity index (χ4v) is 2.75. The fraction of sp³-hybridized carbons (Fsp3) is 0.857. The lowest BCUT2D eigenvalue weighted by molar-refractivity contribution is -0.144. The normalized spacial score (nSPS) is 21.4. The van der Waals surface area contributed by atoms with Crippen LogP contribution in [-0.4, -0.2) is 40.1 Å². The van der Waals surface area contributed by atoms with Crippen molar-refractivity contribution in [3.63, 3.8) is 0 Å². The minimum absolute atomic E-state index is 0.104. The monoisotopic (exact) mass is 268 g/mol. The number of carbonyl (C=O) groups is 2. The van der Waals surface area contributed by atoms with E-state index in [1.807, 2.05) is 13.8 Å². The summed E-state index contributed by atoms with van der Waals surface area (Å²) < 4.78 is 0. The zero-order valence-corrected chi connectivity index (χ0v) is 11.8. The van der Waals surface area contributed by atoms with Crippen LogP contribution in [0.1, 0.15) is 52.4 Å². The van der Waals surface area contributed by atoms with Gasteiger partial charge in [-0.05, 0) is 45.4 Å². The molecule has 108 valence electrons. The molecule has 0 aromatic heterocycles. The molecule has 2 amide bonds. The second-order valence-corrected chi connectivity index (χ2v) is 6.21. The Hall–Kier alpha value is -1.26. The lowest BCUT2D eigenvalue weighted by atomic mass is 9.98. The van der Waals surface area contributed by atoms with Gasteiger partial charge in [-0.2, -0.15) is 0 Å². The van der Waals surface area contributed by atoms with E-state index in [0.29, 0.717) is 18.8 Å². The molecule has 5 heteroatoms. The maximum absolute atomic E-state index is 12.4. The van der Waals surface area contributed by atoms with Crippen molar-refractivity contribution in [2.75, 3.05) is 6.54 Å². The topological polar surface area (TPSA) is 69.6 Å². The zero-order valence-electron chi connectivity index (χ0n) is 11.8. The SMILES string of the molecule is CC(C)N(CC1CC1)C(=O)NC1(C(=O)O)CCCC1. The number of carboxylic acid groups (broad SMARTS) is 1. The first kappa shape index (κ1) is 14.2. The van der Waals surface area contributed by atoms with Gasteiger partial charge in [0.15, 0.2) is 0 Å². The summed E-state index contributed by atoms with van der Waals surface area (Å²) >= 11 is 0. The van der Waals surface area contributed by atoms with Crippen molar-refractivity contribution in [1.29, 1.82) is 0 Å². The first-order chi connectivity index (χ1) is 8.94. The average molecular weight is 268 g/mol. The third-order valence-corrected chi connectivity index (χ3v) is 4.25. The molecule has 2 saturated carbocycles. The molecule has 2 fully saturated rings. The molecule has 2 aliphatic carbocycles. The van der Waals surface area contributed by atoms with E-state index < -0.39 is 11.5 Å². The van der Waals surface area contributed by atoms with Crippen molar-refractivity contribution >= 4 is 12.0 Å². The molecular weight excluding hydrogens is 244 g/mol. The number of hydrogen-bond acceptors (Lipinski definition) is 2. The van der Waals surface area contributed by atoms with Crippen LogP contribution in [0.3, 0.4) is 0 Å². The molecule has 5 nitrogen and oxygen atoms in total. The lowest BCUT2D eigenvalue weighted by Crippen LogP contribution is -2.57. The predicted octanol–water partition coefficient (Wildman–Crippen LogP) is 2.21. The molecule has 0 aliphatic heterocycles. The second kappa shape index (κ2) is 5.39. The Morgan fingerprint density at radius 2 is 1.89 bits per heavy atom. The third-order valence-electron chi connectivity index (χ3n) is 4.25. The molecule has 0 heterocycles. The molecule has 0 saturated heterocycles. The molecule has 0 aromatic rings. The molecule has 2 aliphatic rings. The van der Waals surface area contributed by atoms with Crippen molar-refractivity contribution in [1.82, 2.24) is 10.2 Å². The van der Waals surface area contributed by atoms with E-state index >= 15 is 0 Å². The number of rotatable bonds is 5. The van der Waals surface area contributed by atoms with Gasteiger partial charge in [0.2, 0.25) is 0 Å². The highest BCUT2D eigenvalue weighted by Gasteiger charge is 2.44. The zero-order chi connectivity index (χ0) is 14.0. The number of nitrogens with zero attached hydrogens (tertiary/aromatic N) is 1. The maximum atomic E-state index is 12.4. The highest BCUT2D eigenvalue weighted by molar-refractivity contribution is 5.86. The van der Waals surface area contributed by atoms with Crippen LogP contribution in [0.15, 0.2) is 0 Å². The van der Waals surface area contributed by atoms with Gasteiger partial charge in [0.25, 0.3) is 0 Å². The van der Waals surface area contributed by atoms with Gasteiger partial charge in [-0.15, -0.1) is 0 Å². The van der Waals surface area contributed by atoms with Crippen molar-refractivity contribution in [2.24, 2.45) is 5.92 Å². The second-order valence-electron chi connectivity index (χ2n) is 6.21. The number of urea groups is 1. The quantitative estimate of drug-likeness (QED) is 0.803. The van der Waals surface area contributed by atoms with Gasteiger partial charge < -0.3 is 15.3 Å². The van der Waals surface area contributed by atoms with Crippen LogP contribution in [0, 0.1) is 5.92 Å². The lowest BCUT2D eigenvalue weighted by Gasteiger charge is -2.32. The van der Waals surface area contributed by atoms with Gasteiger partial charge in [0.05, 0.1) is 0 Å². The fourth-order valence-electron chi connectivity index (χ4n) is 2.75.